The summed E-state index contributed by atoms with van der Waals surface area (Å²) in [6.45, 7) is 0.231. The van der Waals surface area contributed by atoms with Gasteiger partial charge in [-0.2, -0.15) is 0 Å². The molecule has 1 saturated heterocycles. The average molecular weight is 404 g/mol. The predicted octanol–water partition coefficient (Wildman–Crippen LogP) is 4.54. The minimum Gasteiger partial charge on any atom is -0.496 e. The Balaban J connectivity index is 1.70. The van der Waals surface area contributed by atoms with Gasteiger partial charge in [0.1, 0.15) is 17.6 Å². The summed E-state index contributed by atoms with van der Waals surface area (Å²) >= 11 is 0. The van der Waals surface area contributed by atoms with Crippen molar-refractivity contribution in [1.29, 1.82) is 0 Å². The molecule has 0 aliphatic carbocycles. The van der Waals surface area contributed by atoms with E-state index in [-0.39, 0.29) is 12.5 Å². The molecule has 1 fully saturated rings. The number of hydrogen-bond donors (Lipinski definition) is 0. The van der Waals surface area contributed by atoms with Gasteiger partial charge < -0.3 is 9.64 Å². The molecule has 0 radical (unpaired) electrons. The molecule has 4 rings (SSSR count). The Morgan fingerprint density at radius 3 is 2.23 bits per heavy atom. The number of methoxy groups -OCH3 is 1. The summed E-state index contributed by atoms with van der Waals surface area (Å²) in [6, 6.07) is 21.6. The number of benzene rings is 3. The smallest absolute Gasteiger partial charge is 0.328 e. The van der Waals surface area contributed by atoms with Crippen molar-refractivity contribution in [3.05, 3.63) is 101 Å². The van der Waals surface area contributed by atoms with E-state index in [1.165, 1.54) is 25.3 Å². The van der Waals surface area contributed by atoms with Crippen LogP contribution in [0.25, 0.3) is 0 Å². The summed E-state index contributed by atoms with van der Waals surface area (Å²) in [4.78, 5) is 29.3. The van der Waals surface area contributed by atoms with E-state index < -0.39 is 17.9 Å². The van der Waals surface area contributed by atoms with Gasteiger partial charge in [-0.1, -0.05) is 60.7 Å². The number of amides is 3. The van der Waals surface area contributed by atoms with Crippen LogP contribution >= 0.6 is 0 Å². The fourth-order valence-corrected chi connectivity index (χ4v) is 3.72. The summed E-state index contributed by atoms with van der Waals surface area (Å²) in [5, 5.41) is 0. The lowest BCUT2D eigenvalue weighted by molar-refractivity contribution is -0.128. The van der Waals surface area contributed by atoms with Gasteiger partial charge in [-0.3, -0.25) is 9.69 Å². The second kappa shape index (κ2) is 8.37. The zero-order valence-corrected chi connectivity index (χ0v) is 16.5. The van der Waals surface area contributed by atoms with Crippen LogP contribution < -0.4 is 4.74 Å². The third kappa shape index (κ3) is 3.76. The van der Waals surface area contributed by atoms with E-state index in [1.807, 2.05) is 60.7 Å². The highest BCUT2D eigenvalue weighted by molar-refractivity contribution is 6.04. The molecule has 0 spiro atoms. The number of urea groups is 1. The third-order valence-corrected chi connectivity index (χ3v) is 5.17. The van der Waals surface area contributed by atoms with Gasteiger partial charge in [0.25, 0.3) is 5.91 Å². The molecular formula is C24H21FN2O3. The Bertz CT molecular complexity index is 1060. The molecule has 0 bridgehead atoms. The van der Waals surface area contributed by atoms with E-state index in [1.54, 1.807) is 4.90 Å². The summed E-state index contributed by atoms with van der Waals surface area (Å²) in [5.41, 5.74) is 2.10. The van der Waals surface area contributed by atoms with Crippen LogP contribution in [0, 0.1) is 5.82 Å². The van der Waals surface area contributed by atoms with Gasteiger partial charge in [0.2, 0.25) is 0 Å². The molecule has 1 heterocycles. The molecule has 152 valence electrons. The van der Waals surface area contributed by atoms with Gasteiger partial charge in [0.15, 0.2) is 0 Å². The number of rotatable bonds is 6. The van der Waals surface area contributed by atoms with E-state index in [0.29, 0.717) is 17.9 Å². The van der Waals surface area contributed by atoms with Crippen molar-refractivity contribution < 1.29 is 18.7 Å². The number of nitrogens with zero attached hydrogens (tertiary/aromatic N) is 2. The fourth-order valence-electron chi connectivity index (χ4n) is 3.72. The Morgan fingerprint density at radius 1 is 0.900 bits per heavy atom. The van der Waals surface area contributed by atoms with Crippen molar-refractivity contribution in [2.45, 2.75) is 19.1 Å². The first-order valence-corrected chi connectivity index (χ1v) is 9.61. The highest BCUT2D eigenvalue weighted by Gasteiger charge is 2.45. The van der Waals surface area contributed by atoms with Crippen LogP contribution in [-0.2, 0) is 17.9 Å². The number of hydrogen-bond acceptors (Lipinski definition) is 3. The Hall–Kier alpha value is -3.67. The maximum atomic E-state index is 13.8. The predicted molar refractivity (Wildman–Crippen MR) is 110 cm³/mol. The minimum absolute atomic E-state index is 0.0623. The van der Waals surface area contributed by atoms with Gasteiger partial charge in [-0.25, -0.2) is 9.18 Å². The molecule has 1 aliphatic rings. The van der Waals surface area contributed by atoms with Gasteiger partial charge in [0, 0.05) is 12.1 Å². The number of ether oxygens (including phenoxy) is 1. The molecule has 3 amide bonds. The lowest BCUT2D eigenvalue weighted by Crippen LogP contribution is -2.32. The molecule has 1 unspecified atom stereocenters. The maximum Gasteiger partial charge on any atom is 0.328 e. The van der Waals surface area contributed by atoms with E-state index >= 15 is 0 Å². The first-order valence-electron chi connectivity index (χ1n) is 9.61. The SMILES string of the molecule is COc1ccc(F)cc1CN1C(=O)C(c2ccccc2)N(Cc2ccccc2)C1=O. The first kappa shape index (κ1) is 19.6. The van der Waals surface area contributed by atoms with Crippen molar-refractivity contribution in [1.82, 2.24) is 9.80 Å². The van der Waals surface area contributed by atoms with Gasteiger partial charge in [-0.05, 0) is 29.3 Å². The van der Waals surface area contributed by atoms with Crippen molar-refractivity contribution in [3.63, 3.8) is 0 Å². The number of carbonyl (C=O) groups excluding carboxylic acids is 2. The van der Waals surface area contributed by atoms with Crippen LogP contribution in [-0.4, -0.2) is 28.8 Å². The van der Waals surface area contributed by atoms with E-state index in [0.717, 1.165) is 16.0 Å². The summed E-state index contributed by atoms with van der Waals surface area (Å²) in [6.07, 6.45) is 0. The molecule has 6 heteroatoms. The molecule has 30 heavy (non-hydrogen) atoms. The van der Waals surface area contributed by atoms with Gasteiger partial charge >= 0.3 is 6.03 Å². The van der Waals surface area contributed by atoms with E-state index in [4.69, 9.17) is 4.74 Å². The Labute approximate surface area is 174 Å². The molecule has 0 aromatic heterocycles. The summed E-state index contributed by atoms with van der Waals surface area (Å²) in [7, 11) is 1.47. The minimum atomic E-state index is -0.738. The Morgan fingerprint density at radius 2 is 1.57 bits per heavy atom. The molecule has 1 atom stereocenters. The molecule has 1 aliphatic heterocycles. The highest BCUT2D eigenvalue weighted by Crippen LogP contribution is 2.34. The quantitative estimate of drug-likeness (QED) is 0.567. The van der Waals surface area contributed by atoms with E-state index in [9.17, 15) is 14.0 Å². The zero-order valence-electron chi connectivity index (χ0n) is 16.5. The standard InChI is InChI=1S/C24H21FN2O3/c1-30-21-13-12-20(25)14-19(21)16-27-23(28)22(18-10-6-3-7-11-18)26(24(27)29)15-17-8-4-2-5-9-17/h2-14,22H,15-16H2,1H3. The second-order valence-corrected chi connectivity index (χ2v) is 7.09. The van der Waals surface area contributed by atoms with Crippen molar-refractivity contribution in [2.24, 2.45) is 0 Å². The fraction of sp³-hybridized carbons (Fsp3) is 0.167. The molecule has 3 aromatic rings. The van der Waals surface area contributed by atoms with Gasteiger partial charge in [0.05, 0.1) is 13.7 Å². The van der Waals surface area contributed by atoms with E-state index in [2.05, 4.69) is 0 Å². The van der Waals surface area contributed by atoms with Crippen LogP contribution in [0.3, 0.4) is 0 Å². The van der Waals surface area contributed by atoms with Crippen molar-refractivity contribution in [3.8, 4) is 5.75 Å². The largest absolute Gasteiger partial charge is 0.496 e. The molecule has 3 aromatic carbocycles. The topological polar surface area (TPSA) is 49.9 Å². The van der Waals surface area contributed by atoms with Crippen LogP contribution in [0.1, 0.15) is 22.7 Å². The van der Waals surface area contributed by atoms with Crippen LogP contribution in [0.4, 0.5) is 9.18 Å². The normalized spacial score (nSPS) is 16.3. The number of halogens is 1. The first-order chi connectivity index (χ1) is 14.6. The number of imide groups is 1. The number of carbonyl (C=O) groups is 2. The summed E-state index contributed by atoms with van der Waals surface area (Å²) < 4.78 is 19.1. The zero-order chi connectivity index (χ0) is 21.1. The van der Waals surface area contributed by atoms with Crippen molar-refractivity contribution >= 4 is 11.9 Å². The average Bonchev–Trinajstić information content (AvgIpc) is 2.99. The molecule has 0 saturated carbocycles. The molecule has 5 nitrogen and oxygen atoms in total. The monoisotopic (exact) mass is 404 g/mol. The lowest BCUT2D eigenvalue weighted by atomic mass is 10.0. The van der Waals surface area contributed by atoms with Gasteiger partial charge in [-0.15, -0.1) is 0 Å². The third-order valence-electron chi connectivity index (χ3n) is 5.17. The van der Waals surface area contributed by atoms with Crippen molar-refractivity contribution in [2.75, 3.05) is 7.11 Å². The summed E-state index contributed by atoms with van der Waals surface area (Å²) in [5.74, 6) is -0.367. The van der Waals surface area contributed by atoms with Crippen LogP contribution in [0.5, 0.6) is 5.75 Å². The Kier molecular flexibility index (Phi) is 5.48. The lowest BCUT2D eigenvalue weighted by Gasteiger charge is -2.22. The maximum absolute atomic E-state index is 13.8. The second-order valence-electron chi connectivity index (χ2n) is 7.09. The highest BCUT2D eigenvalue weighted by atomic mass is 19.1. The molecule has 0 N–H and O–H groups in total. The van der Waals surface area contributed by atoms with Crippen LogP contribution in [0.2, 0.25) is 0 Å². The molecular weight excluding hydrogens is 383 g/mol. The van der Waals surface area contributed by atoms with Crippen LogP contribution in [0.15, 0.2) is 78.9 Å².